The molecule has 2 aliphatic rings. The van der Waals surface area contributed by atoms with Gasteiger partial charge in [0.25, 0.3) is 5.91 Å². The van der Waals surface area contributed by atoms with E-state index in [-0.39, 0.29) is 11.9 Å². The van der Waals surface area contributed by atoms with Gasteiger partial charge in [-0.25, -0.2) is 4.79 Å². The van der Waals surface area contributed by atoms with E-state index in [1.54, 1.807) is 6.08 Å². The van der Waals surface area contributed by atoms with Crippen LogP contribution in [0.15, 0.2) is 12.7 Å². The molecule has 2 N–H and O–H groups in total. The van der Waals surface area contributed by atoms with Gasteiger partial charge in [0.1, 0.15) is 5.54 Å². The SMILES string of the molecule is C=CCOCC1CC2(C1)NC(=O)NC2=O. The van der Waals surface area contributed by atoms with Crippen LogP contribution in [0, 0.1) is 5.92 Å². The molecule has 2 fully saturated rings. The number of ether oxygens (including phenoxy) is 1. The Morgan fingerprint density at radius 1 is 1.53 bits per heavy atom. The molecule has 0 atom stereocenters. The van der Waals surface area contributed by atoms with Crippen molar-refractivity contribution in [3.8, 4) is 0 Å². The second-order valence-electron chi connectivity index (χ2n) is 4.09. The maximum atomic E-state index is 11.4. The molecule has 5 nitrogen and oxygen atoms in total. The Morgan fingerprint density at radius 2 is 2.27 bits per heavy atom. The van der Waals surface area contributed by atoms with Crippen LogP contribution >= 0.6 is 0 Å². The van der Waals surface area contributed by atoms with Gasteiger partial charge in [-0.1, -0.05) is 6.08 Å². The van der Waals surface area contributed by atoms with Gasteiger partial charge in [-0.15, -0.1) is 6.58 Å². The Bertz CT molecular complexity index is 308. The smallest absolute Gasteiger partial charge is 0.322 e. The number of hydrogen-bond donors (Lipinski definition) is 2. The van der Waals surface area contributed by atoms with Crippen LogP contribution in [0.2, 0.25) is 0 Å². The van der Waals surface area contributed by atoms with Crippen LogP contribution in [0.1, 0.15) is 12.8 Å². The first kappa shape index (κ1) is 10.2. The van der Waals surface area contributed by atoms with Crippen molar-refractivity contribution < 1.29 is 14.3 Å². The maximum absolute atomic E-state index is 11.4. The van der Waals surface area contributed by atoms with Gasteiger partial charge in [0, 0.05) is 0 Å². The average molecular weight is 210 g/mol. The first-order valence-electron chi connectivity index (χ1n) is 4.98. The molecule has 5 heteroatoms. The summed E-state index contributed by atoms with van der Waals surface area (Å²) in [7, 11) is 0. The molecule has 1 saturated carbocycles. The fourth-order valence-corrected chi connectivity index (χ4v) is 2.18. The van der Waals surface area contributed by atoms with Crippen molar-refractivity contribution in [1.82, 2.24) is 10.6 Å². The van der Waals surface area contributed by atoms with Gasteiger partial charge >= 0.3 is 6.03 Å². The highest BCUT2D eigenvalue weighted by Crippen LogP contribution is 2.39. The Kier molecular flexibility index (Phi) is 2.48. The molecule has 15 heavy (non-hydrogen) atoms. The molecule has 2 rings (SSSR count). The Labute approximate surface area is 87.9 Å². The summed E-state index contributed by atoms with van der Waals surface area (Å²) in [5.41, 5.74) is -0.640. The third-order valence-electron chi connectivity index (χ3n) is 2.88. The molecule has 0 aromatic rings. The van der Waals surface area contributed by atoms with E-state index in [2.05, 4.69) is 17.2 Å². The fourth-order valence-electron chi connectivity index (χ4n) is 2.18. The largest absolute Gasteiger partial charge is 0.377 e. The third-order valence-corrected chi connectivity index (χ3v) is 2.88. The summed E-state index contributed by atoms with van der Waals surface area (Å²) in [4.78, 5) is 22.4. The van der Waals surface area contributed by atoms with Gasteiger partial charge < -0.3 is 10.1 Å². The zero-order valence-electron chi connectivity index (χ0n) is 8.41. The van der Waals surface area contributed by atoms with Gasteiger partial charge in [-0.2, -0.15) is 0 Å². The van der Waals surface area contributed by atoms with E-state index >= 15 is 0 Å². The highest BCUT2D eigenvalue weighted by molar-refractivity contribution is 6.07. The molecule has 1 aliphatic heterocycles. The number of imide groups is 1. The molecule has 0 aromatic carbocycles. The standard InChI is InChI=1S/C10H14N2O3/c1-2-3-15-6-7-4-10(5-7)8(13)11-9(14)12-10/h2,7H,1,3-6H2,(H2,11,12,13,14). The second kappa shape index (κ2) is 3.66. The summed E-state index contributed by atoms with van der Waals surface area (Å²) in [6.45, 7) is 4.70. The fraction of sp³-hybridized carbons (Fsp3) is 0.600. The predicted molar refractivity (Wildman–Crippen MR) is 53.1 cm³/mol. The quantitative estimate of drug-likeness (QED) is 0.395. The van der Waals surface area contributed by atoms with Crippen LogP contribution in [0.5, 0.6) is 0 Å². The van der Waals surface area contributed by atoms with Crippen molar-refractivity contribution in [3.63, 3.8) is 0 Å². The minimum atomic E-state index is -0.640. The van der Waals surface area contributed by atoms with Gasteiger partial charge in [0.05, 0.1) is 13.2 Å². The van der Waals surface area contributed by atoms with E-state index in [1.165, 1.54) is 0 Å². The highest BCUT2D eigenvalue weighted by Gasteiger charge is 2.55. The zero-order chi connectivity index (χ0) is 10.9. The summed E-state index contributed by atoms with van der Waals surface area (Å²) in [5.74, 6) is 0.154. The van der Waals surface area contributed by atoms with E-state index in [0.717, 1.165) is 0 Å². The zero-order valence-corrected chi connectivity index (χ0v) is 8.41. The van der Waals surface area contributed by atoms with E-state index < -0.39 is 5.54 Å². The summed E-state index contributed by atoms with van der Waals surface area (Å²) in [5, 5.41) is 4.91. The van der Waals surface area contributed by atoms with E-state index in [9.17, 15) is 9.59 Å². The van der Waals surface area contributed by atoms with Crippen molar-refractivity contribution in [2.75, 3.05) is 13.2 Å². The Balaban J connectivity index is 1.79. The van der Waals surface area contributed by atoms with E-state index in [4.69, 9.17) is 4.74 Å². The molecule has 1 heterocycles. The first-order valence-corrected chi connectivity index (χ1v) is 4.98. The lowest BCUT2D eigenvalue weighted by atomic mass is 9.68. The molecule has 1 aliphatic carbocycles. The molecule has 0 bridgehead atoms. The molecule has 0 aromatic heterocycles. The minimum Gasteiger partial charge on any atom is -0.377 e. The molecule has 82 valence electrons. The Hall–Kier alpha value is -1.36. The van der Waals surface area contributed by atoms with Crippen molar-refractivity contribution in [2.24, 2.45) is 5.92 Å². The summed E-state index contributed by atoms with van der Waals surface area (Å²) >= 11 is 0. The summed E-state index contributed by atoms with van der Waals surface area (Å²) in [6, 6.07) is -0.384. The number of carbonyl (C=O) groups excluding carboxylic acids is 2. The lowest BCUT2D eigenvalue weighted by Gasteiger charge is -2.41. The number of hydrogen-bond acceptors (Lipinski definition) is 3. The molecule has 1 saturated heterocycles. The number of rotatable bonds is 4. The van der Waals surface area contributed by atoms with Crippen molar-refractivity contribution in [2.45, 2.75) is 18.4 Å². The van der Waals surface area contributed by atoms with Gasteiger partial charge in [-0.3, -0.25) is 10.1 Å². The van der Waals surface area contributed by atoms with Crippen LogP contribution in [-0.2, 0) is 9.53 Å². The van der Waals surface area contributed by atoms with Gasteiger partial charge in [0.2, 0.25) is 0 Å². The van der Waals surface area contributed by atoms with Crippen LogP contribution in [0.3, 0.4) is 0 Å². The molecular weight excluding hydrogens is 196 g/mol. The minimum absolute atomic E-state index is 0.201. The van der Waals surface area contributed by atoms with Crippen molar-refractivity contribution in [1.29, 1.82) is 0 Å². The predicted octanol–water partition coefficient (Wildman–Crippen LogP) is 0.177. The lowest BCUT2D eigenvalue weighted by molar-refractivity contribution is -0.129. The van der Waals surface area contributed by atoms with Crippen LogP contribution in [0.25, 0.3) is 0 Å². The topological polar surface area (TPSA) is 67.4 Å². The van der Waals surface area contributed by atoms with E-state index in [0.29, 0.717) is 32.0 Å². The van der Waals surface area contributed by atoms with Crippen LogP contribution in [0.4, 0.5) is 4.79 Å². The molecular formula is C10H14N2O3. The second-order valence-corrected chi connectivity index (χ2v) is 4.09. The monoisotopic (exact) mass is 210 g/mol. The van der Waals surface area contributed by atoms with Gasteiger partial charge in [-0.05, 0) is 18.8 Å². The number of amides is 3. The first-order chi connectivity index (χ1) is 7.16. The molecule has 0 radical (unpaired) electrons. The lowest BCUT2D eigenvalue weighted by Crippen LogP contribution is -2.57. The van der Waals surface area contributed by atoms with Crippen LogP contribution < -0.4 is 10.6 Å². The number of nitrogens with one attached hydrogen (secondary N) is 2. The molecule has 0 unspecified atom stereocenters. The maximum Gasteiger partial charge on any atom is 0.322 e. The number of urea groups is 1. The van der Waals surface area contributed by atoms with Crippen molar-refractivity contribution in [3.05, 3.63) is 12.7 Å². The summed E-state index contributed by atoms with van der Waals surface area (Å²) < 4.78 is 5.29. The third kappa shape index (κ3) is 1.74. The van der Waals surface area contributed by atoms with E-state index in [1.807, 2.05) is 0 Å². The summed E-state index contributed by atoms with van der Waals surface area (Å²) in [6.07, 6.45) is 3.03. The normalized spacial score (nSPS) is 33.5. The molecule has 3 amide bonds. The highest BCUT2D eigenvalue weighted by atomic mass is 16.5. The van der Waals surface area contributed by atoms with Crippen molar-refractivity contribution >= 4 is 11.9 Å². The van der Waals surface area contributed by atoms with Crippen LogP contribution in [-0.4, -0.2) is 30.7 Å². The number of carbonyl (C=O) groups is 2. The Morgan fingerprint density at radius 3 is 2.80 bits per heavy atom. The average Bonchev–Trinajstić information content (AvgIpc) is 2.41. The van der Waals surface area contributed by atoms with Gasteiger partial charge in [0.15, 0.2) is 0 Å². The molecule has 1 spiro atoms.